The first kappa shape index (κ1) is 12.7. The van der Waals surface area contributed by atoms with Crippen LogP contribution in [0.1, 0.15) is 32.1 Å². The van der Waals surface area contributed by atoms with E-state index in [9.17, 15) is 14.7 Å². The summed E-state index contributed by atoms with van der Waals surface area (Å²) in [7, 11) is 0. The Labute approximate surface area is 106 Å². The summed E-state index contributed by atoms with van der Waals surface area (Å²) in [5.41, 5.74) is 0. The first-order valence-electron chi connectivity index (χ1n) is 6.21. The monoisotopic (exact) mass is 259 g/mol. The molecule has 1 amide bonds. The van der Waals surface area contributed by atoms with E-state index in [2.05, 4.69) is 0 Å². The lowest BCUT2D eigenvalue weighted by Crippen LogP contribution is -2.46. The fourth-order valence-electron chi connectivity index (χ4n) is 3.04. The lowest BCUT2D eigenvalue weighted by molar-refractivity contribution is -0.150. The van der Waals surface area contributed by atoms with E-state index in [-0.39, 0.29) is 17.7 Å². The van der Waals surface area contributed by atoms with Gasteiger partial charge in [0.05, 0.1) is 0 Å². The third kappa shape index (κ3) is 2.57. The number of carboxylic acid groups (broad SMARTS) is 1. The molecule has 2 aliphatic rings. The van der Waals surface area contributed by atoms with Gasteiger partial charge in [0.2, 0.25) is 5.91 Å². The van der Waals surface area contributed by atoms with E-state index in [1.165, 1.54) is 0 Å². The van der Waals surface area contributed by atoms with E-state index < -0.39 is 12.0 Å². The first-order valence-corrected chi connectivity index (χ1v) is 6.75. The van der Waals surface area contributed by atoms with Crippen LogP contribution in [0.15, 0.2) is 0 Å². The predicted molar refractivity (Wildman–Crippen MR) is 63.9 cm³/mol. The third-order valence-corrected chi connectivity index (χ3v) is 4.33. The number of aliphatic carboxylic acids is 1. The number of alkyl halides is 1. The van der Waals surface area contributed by atoms with Gasteiger partial charge >= 0.3 is 5.97 Å². The van der Waals surface area contributed by atoms with Crippen molar-refractivity contribution >= 4 is 23.5 Å². The van der Waals surface area contributed by atoms with Crippen molar-refractivity contribution < 1.29 is 14.7 Å². The Balaban J connectivity index is 2.10. The second-order valence-corrected chi connectivity index (χ2v) is 5.41. The summed E-state index contributed by atoms with van der Waals surface area (Å²) in [6, 6.07) is -0.627. The van der Waals surface area contributed by atoms with Gasteiger partial charge in [0, 0.05) is 18.8 Å². The van der Waals surface area contributed by atoms with Gasteiger partial charge < -0.3 is 10.0 Å². The summed E-state index contributed by atoms with van der Waals surface area (Å²) < 4.78 is 0. The predicted octanol–water partition coefficient (Wildman–Crippen LogP) is 1.72. The highest BCUT2D eigenvalue weighted by Gasteiger charge is 2.42. The molecular formula is C12H18ClNO3. The molecule has 2 rings (SSSR count). The van der Waals surface area contributed by atoms with Gasteiger partial charge in [-0.1, -0.05) is 12.8 Å². The van der Waals surface area contributed by atoms with Crippen molar-refractivity contribution in [1.29, 1.82) is 0 Å². The minimum Gasteiger partial charge on any atom is -0.480 e. The molecule has 0 radical (unpaired) electrons. The SMILES string of the molecule is O=C(O)C(C1CCCC1)N1CC(CCl)CC1=O. The Kier molecular flexibility index (Phi) is 3.92. The number of carbonyl (C=O) groups is 2. The van der Waals surface area contributed by atoms with Crippen molar-refractivity contribution in [2.45, 2.75) is 38.1 Å². The smallest absolute Gasteiger partial charge is 0.326 e. The van der Waals surface area contributed by atoms with Crippen molar-refractivity contribution in [2.75, 3.05) is 12.4 Å². The van der Waals surface area contributed by atoms with E-state index in [1.807, 2.05) is 0 Å². The number of hydrogen-bond acceptors (Lipinski definition) is 2. The molecule has 96 valence electrons. The average molecular weight is 260 g/mol. The van der Waals surface area contributed by atoms with E-state index >= 15 is 0 Å². The van der Waals surface area contributed by atoms with Crippen LogP contribution < -0.4 is 0 Å². The van der Waals surface area contributed by atoms with Crippen LogP contribution in [0.4, 0.5) is 0 Å². The second-order valence-electron chi connectivity index (χ2n) is 5.10. The van der Waals surface area contributed by atoms with Crippen LogP contribution in [-0.2, 0) is 9.59 Å². The van der Waals surface area contributed by atoms with E-state index in [0.717, 1.165) is 25.7 Å². The molecular weight excluding hydrogens is 242 g/mol. The van der Waals surface area contributed by atoms with Gasteiger partial charge in [-0.15, -0.1) is 11.6 Å². The van der Waals surface area contributed by atoms with E-state index in [1.54, 1.807) is 4.90 Å². The molecule has 1 N–H and O–H groups in total. The van der Waals surface area contributed by atoms with Gasteiger partial charge in [0.1, 0.15) is 6.04 Å². The molecule has 0 aromatic rings. The number of carboxylic acids is 1. The summed E-state index contributed by atoms with van der Waals surface area (Å²) in [5.74, 6) is -0.229. The zero-order valence-electron chi connectivity index (χ0n) is 9.77. The molecule has 1 aliphatic carbocycles. The number of amides is 1. The van der Waals surface area contributed by atoms with Crippen molar-refractivity contribution in [3.63, 3.8) is 0 Å². The average Bonchev–Trinajstić information content (AvgIpc) is 2.89. The molecule has 2 fully saturated rings. The van der Waals surface area contributed by atoms with Crippen LogP contribution in [0.25, 0.3) is 0 Å². The second kappa shape index (κ2) is 5.25. The summed E-state index contributed by atoms with van der Waals surface area (Å²) in [5, 5.41) is 9.34. The molecule has 1 aliphatic heterocycles. The molecule has 2 unspecified atom stereocenters. The van der Waals surface area contributed by atoms with Crippen molar-refractivity contribution in [3.05, 3.63) is 0 Å². The minimum atomic E-state index is -0.861. The number of carbonyl (C=O) groups excluding carboxylic acids is 1. The zero-order chi connectivity index (χ0) is 12.4. The molecule has 1 saturated heterocycles. The minimum absolute atomic E-state index is 0.0463. The summed E-state index contributed by atoms with van der Waals surface area (Å²) in [6.07, 6.45) is 4.41. The Morgan fingerprint density at radius 1 is 1.47 bits per heavy atom. The lowest BCUT2D eigenvalue weighted by atomic mass is 9.97. The normalized spacial score (nSPS) is 27.7. The number of nitrogens with zero attached hydrogens (tertiary/aromatic N) is 1. The van der Waals surface area contributed by atoms with Crippen LogP contribution in [0.5, 0.6) is 0 Å². The molecule has 0 spiro atoms. The first-order chi connectivity index (χ1) is 8.13. The topological polar surface area (TPSA) is 57.6 Å². The van der Waals surface area contributed by atoms with Crippen molar-refractivity contribution in [3.8, 4) is 0 Å². The molecule has 1 saturated carbocycles. The fourth-order valence-corrected chi connectivity index (χ4v) is 3.25. The summed E-state index contributed by atoms with van der Waals surface area (Å²) in [6.45, 7) is 0.510. The van der Waals surface area contributed by atoms with Crippen LogP contribution >= 0.6 is 11.6 Å². The molecule has 5 heteroatoms. The highest BCUT2D eigenvalue weighted by atomic mass is 35.5. The standard InChI is InChI=1S/C12H18ClNO3/c13-6-8-5-10(15)14(7-8)11(12(16)17)9-3-1-2-4-9/h8-9,11H,1-7H2,(H,16,17). The van der Waals surface area contributed by atoms with Gasteiger partial charge in [-0.3, -0.25) is 4.79 Å². The largest absolute Gasteiger partial charge is 0.480 e. The molecule has 0 bridgehead atoms. The highest BCUT2D eigenvalue weighted by Crippen LogP contribution is 2.33. The maximum Gasteiger partial charge on any atom is 0.326 e. The zero-order valence-corrected chi connectivity index (χ0v) is 10.5. The number of rotatable bonds is 4. The number of hydrogen-bond donors (Lipinski definition) is 1. The molecule has 17 heavy (non-hydrogen) atoms. The highest BCUT2D eigenvalue weighted by molar-refractivity contribution is 6.18. The van der Waals surface area contributed by atoms with Gasteiger partial charge in [-0.2, -0.15) is 0 Å². The molecule has 1 heterocycles. The molecule has 0 aromatic heterocycles. The van der Waals surface area contributed by atoms with Gasteiger partial charge in [-0.05, 0) is 24.7 Å². The Morgan fingerprint density at radius 2 is 2.12 bits per heavy atom. The van der Waals surface area contributed by atoms with Crippen molar-refractivity contribution in [2.24, 2.45) is 11.8 Å². The fraction of sp³-hybridized carbons (Fsp3) is 0.833. The molecule has 2 atom stereocenters. The Morgan fingerprint density at radius 3 is 2.59 bits per heavy atom. The lowest BCUT2D eigenvalue weighted by Gasteiger charge is -2.29. The van der Waals surface area contributed by atoms with Crippen LogP contribution in [0.2, 0.25) is 0 Å². The third-order valence-electron chi connectivity index (χ3n) is 3.89. The quantitative estimate of drug-likeness (QED) is 0.782. The van der Waals surface area contributed by atoms with Gasteiger partial charge in [0.15, 0.2) is 0 Å². The van der Waals surface area contributed by atoms with Gasteiger partial charge in [-0.25, -0.2) is 4.79 Å². The molecule has 4 nitrogen and oxygen atoms in total. The van der Waals surface area contributed by atoms with E-state index in [0.29, 0.717) is 18.8 Å². The maximum atomic E-state index is 11.9. The van der Waals surface area contributed by atoms with E-state index in [4.69, 9.17) is 11.6 Å². The molecule has 0 aromatic carbocycles. The van der Waals surface area contributed by atoms with Crippen LogP contribution in [0.3, 0.4) is 0 Å². The summed E-state index contributed by atoms with van der Waals surface area (Å²) in [4.78, 5) is 24.8. The van der Waals surface area contributed by atoms with Gasteiger partial charge in [0.25, 0.3) is 0 Å². The van der Waals surface area contributed by atoms with Crippen LogP contribution in [-0.4, -0.2) is 40.3 Å². The Bertz CT molecular complexity index is 315. The maximum absolute atomic E-state index is 11.9. The van der Waals surface area contributed by atoms with Crippen molar-refractivity contribution in [1.82, 2.24) is 4.90 Å². The Hall–Kier alpha value is -0.770. The summed E-state index contributed by atoms with van der Waals surface area (Å²) >= 11 is 5.76. The number of likely N-dealkylation sites (tertiary alicyclic amines) is 1. The number of halogens is 1. The van der Waals surface area contributed by atoms with Crippen LogP contribution in [0, 0.1) is 11.8 Å².